The third-order valence-corrected chi connectivity index (χ3v) is 2.86. The second-order valence-corrected chi connectivity index (χ2v) is 5.35. The van der Waals surface area contributed by atoms with Gasteiger partial charge in [-0.25, -0.2) is 4.79 Å². The minimum Gasteiger partial charge on any atom is -0.480 e. The number of carboxylic acid groups (broad SMARTS) is 1. The molecule has 0 radical (unpaired) electrons. The van der Waals surface area contributed by atoms with Gasteiger partial charge in [-0.15, -0.1) is 0 Å². The summed E-state index contributed by atoms with van der Waals surface area (Å²) in [5, 5.41) is 15.6. The molecular formula is C12H19N3O3. The van der Waals surface area contributed by atoms with Crippen molar-refractivity contribution in [3.05, 3.63) is 17.5 Å². The lowest BCUT2D eigenvalue weighted by Gasteiger charge is -2.20. The van der Waals surface area contributed by atoms with Gasteiger partial charge in [-0.1, -0.05) is 20.8 Å². The van der Waals surface area contributed by atoms with Gasteiger partial charge in [0.15, 0.2) is 0 Å². The summed E-state index contributed by atoms with van der Waals surface area (Å²) in [6.07, 6.45) is 0. The first-order valence-corrected chi connectivity index (χ1v) is 5.70. The van der Waals surface area contributed by atoms with Crippen LogP contribution in [0.5, 0.6) is 0 Å². The van der Waals surface area contributed by atoms with Gasteiger partial charge >= 0.3 is 5.97 Å². The average molecular weight is 253 g/mol. The third-order valence-electron chi connectivity index (χ3n) is 2.86. The number of aromatic nitrogens is 2. The molecule has 2 N–H and O–H groups in total. The number of hydrogen-bond donors (Lipinski definition) is 2. The average Bonchev–Trinajstić information content (AvgIpc) is 2.74. The molecule has 0 aliphatic carbocycles. The quantitative estimate of drug-likeness (QED) is 0.848. The summed E-state index contributed by atoms with van der Waals surface area (Å²) in [6, 6.07) is 0.778. The van der Waals surface area contributed by atoms with Gasteiger partial charge in [0.2, 0.25) is 0 Å². The summed E-state index contributed by atoms with van der Waals surface area (Å²) in [5.41, 5.74) is 0.931. The van der Waals surface area contributed by atoms with E-state index in [0.29, 0.717) is 0 Å². The number of carbonyl (C=O) groups is 2. The molecule has 0 saturated heterocycles. The number of carboxylic acids is 1. The fraction of sp³-hybridized carbons (Fsp3) is 0.583. The Bertz CT molecular complexity index is 459. The van der Waals surface area contributed by atoms with E-state index >= 15 is 0 Å². The molecule has 1 aromatic rings. The van der Waals surface area contributed by atoms with Crippen LogP contribution in [0, 0.1) is 0 Å². The summed E-state index contributed by atoms with van der Waals surface area (Å²) in [7, 11) is 1.45. The Morgan fingerprint density at radius 1 is 1.44 bits per heavy atom. The fourth-order valence-electron chi connectivity index (χ4n) is 1.34. The second kappa shape index (κ2) is 4.80. The Kier molecular flexibility index (Phi) is 3.79. The summed E-state index contributed by atoms with van der Waals surface area (Å²) in [4.78, 5) is 24.0. The van der Waals surface area contributed by atoms with Crippen molar-refractivity contribution < 1.29 is 14.7 Å². The number of nitrogens with one attached hydrogen (secondary N) is 1. The molecule has 1 heterocycles. The lowest BCUT2D eigenvalue weighted by atomic mass is 9.92. The van der Waals surface area contributed by atoms with Crippen molar-refractivity contribution in [3.63, 3.8) is 0 Å². The molecule has 6 nitrogen and oxygen atoms in total. The summed E-state index contributed by atoms with van der Waals surface area (Å²) in [5.74, 6) is -1.45. The molecule has 0 aliphatic heterocycles. The number of aliphatic carboxylic acids is 1. The van der Waals surface area contributed by atoms with Gasteiger partial charge in [0.25, 0.3) is 5.91 Å². The zero-order chi connectivity index (χ0) is 14.1. The highest BCUT2D eigenvalue weighted by atomic mass is 16.4. The molecule has 0 spiro atoms. The highest BCUT2D eigenvalue weighted by molar-refractivity contribution is 5.94. The van der Waals surface area contributed by atoms with Crippen LogP contribution < -0.4 is 0 Å². The lowest BCUT2D eigenvalue weighted by Crippen LogP contribution is -2.40. The van der Waals surface area contributed by atoms with Crippen molar-refractivity contribution >= 4 is 11.9 Å². The van der Waals surface area contributed by atoms with E-state index in [1.807, 2.05) is 20.8 Å². The van der Waals surface area contributed by atoms with E-state index in [1.54, 1.807) is 6.07 Å². The number of H-pyrrole nitrogens is 1. The minimum atomic E-state index is -1.04. The van der Waals surface area contributed by atoms with Crippen LogP contribution in [0.1, 0.15) is 43.9 Å². The van der Waals surface area contributed by atoms with E-state index in [9.17, 15) is 9.59 Å². The molecular weight excluding hydrogens is 234 g/mol. The Hall–Kier alpha value is -1.85. The molecule has 1 aromatic heterocycles. The topological polar surface area (TPSA) is 86.3 Å². The first-order valence-electron chi connectivity index (χ1n) is 5.70. The predicted molar refractivity (Wildman–Crippen MR) is 66.5 cm³/mol. The molecule has 1 atom stereocenters. The Balaban J connectivity index is 2.92. The van der Waals surface area contributed by atoms with Gasteiger partial charge in [0.1, 0.15) is 11.7 Å². The summed E-state index contributed by atoms with van der Waals surface area (Å²) in [6.45, 7) is 7.45. The normalized spacial score (nSPS) is 13.2. The smallest absolute Gasteiger partial charge is 0.326 e. The molecule has 18 heavy (non-hydrogen) atoms. The lowest BCUT2D eigenvalue weighted by molar-refractivity contribution is -0.141. The molecule has 1 rings (SSSR count). The van der Waals surface area contributed by atoms with E-state index in [-0.39, 0.29) is 11.1 Å². The molecule has 0 fully saturated rings. The van der Waals surface area contributed by atoms with Crippen LogP contribution in [-0.2, 0) is 10.2 Å². The summed E-state index contributed by atoms with van der Waals surface area (Å²) >= 11 is 0. The van der Waals surface area contributed by atoms with Gasteiger partial charge in [-0.3, -0.25) is 9.89 Å². The molecule has 0 aromatic carbocycles. The largest absolute Gasteiger partial charge is 0.480 e. The molecule has 0 saturated carbocycles. The molecule has 100 valence electrons. The first-order chi connectivity index (χ1) is 8.14. The van der Waals surface area contributed by atoms with Crippen LogP contribution in [0.3, 0.4) is 0 Å². The Morgan fingerprint density at radius 2 is 2.00 bits per heavy atom. The van der Waals surface area contributed by atoms with E-state index in [2.05, 4.69) is 10.2 Å². The van der Waals surface area contributed by atoms with E-state index in [4.69, 9.17) is 5.11 Å². The van der Waals surface area contributed by atoms with Crippen molar-refractivity contribution in [3.8, 4) is 0 Å². The monoisotopic (exact) mass is 253 g/mol. The second-order valence-electron chi connectivity index (χ2n) is 5.35. The van der Waals surface area contributed by atoms with Crippen molar-refractivity contribution in [2.24, 2.45) is 0 Å². The number of likely N-dealkylation sites (N-methyl/N-ethyl adjacent to an activating group) is 1. The van der Waals surface area contributed by atoms with Gasteiger partial charge in [-0.2, -0.15) is 5.10 Å². The molecule has 1 amide bonds. The van der Waals surface area contributed by atoms with Gasteiger partial charge < -0.3 is 10.0 Å². The number of nitrogens with zero attached hydrogens (tertiary/aromatic N) is 2. The molecule has 6 heteroatoms. The zero-order valence-corrected chi connectivity index (χ0v) is 11.3. The van der Waals surface area contributed by atoms with Gasteiger partial charge in [0, 0.05) is 18.2 Å². The molecule has 1 unspecified atom stereocenters. The van der Waals surface area contributed by atoms with Crippen LogP contribution in [0.4, 0.5) is 0 Å². The maximum atomic E-state index is 12.0. The van der Waals surface area contributed by atoms with Crippen molar-refractivity contribution in [2.45, 2.75) is 39.2 Å². The number of hydrogen-bond acceptors (Lipinski definition) is 3. The first kappa shape index (κ1) is 14.2. The third kappa shape index (κ3) is 2.88. The predicted octanol–water partition coefficient (Wildman–Crippen LogP) is 1.25. The Morgan fingerprint density at radius 3 is 2.39 bits per heavy atom. The van der Waals surface area contributed by atoms with Crippen LogP contribution in [-0.4, -0.2) is 45.2 Å². The van der Waals surface area contributed by atoms with Crippen molar-refractivity contribution in [2.75, 3.05) is 7.05 Å². The van der Waals surface area contributed by atoms with Crippen LogP contribution >= 0.6 is 0 Å². The zero-order valence-electron chi connectivity index (χ0n) is 11.3. The van der Waals surface area contributed by atoms with Gasteiger partial charge in [0.05, 0.1) is 0 Å². The minimum absolute atomic E-state index is 0.136. The van der Waals surface area contributed by atoms with Crippen molar-refractivity contribution in [1.82, 2.24) is 15.1 Å². The van der Waals surface area contributed by atoms with Gasteiger partial charge in [-0.05, 0) is 13.0 Å². The van der Waals surface area contributed by atoms with Crippen molar-refractivity contribution in [1.29, 1.82) is 0 Å². The van der Waals surface area contributed by atoms with Crippen LogP contribution in [0.15, 0.2) is 6.07 Å². The van der Waals surface area contributed by atoms with E-state index in [1.165, 1.54) is 14.0 Å². The number of amides is 1. The number of aromatic amines is 1. The molecule has 0 aliphatic rings. The van der Waals surface area contributed by atoms with E-state index < -0.39 is 17.9 Å². The molecule has 0 bridgehead atoms. The van der Waals surface area contributed by atoms with Crippen LogP contribution in [0.25, 0.3) is 0 Å². The SMILES string of the molecule is CC(C(=O)O)N(C)C(=O)c1cc(C(C)(C)C)[nH]n1. The number of rotatable bonds is 3. The highest BCUT2D eigenvalue weighted by Crippen LogP contribution is 2.20. The number of carbonyl (C=O) groups excluding carboxylic acids is 1. The standard InChI is InChI=1S/C12H19N3O3/c1-7(11(17)18)15(5)10(16)8-6-9(14-13-8)12(2,3)4/h6-7H,1-5H3,(H,13,14)(H,17,18). The highest BCUT2D eigenvalue weighted by Gasteiger charge is 2.26. The Labute approximate surface area is 106 Å². The maximum absolute atomic E-state index is 12.0. The summed E-state index contributed by atoms with van der Waals surface area (Å²) < 4.78 is 0. The maximum Gasteiger partial charge on any atom is 0.326 e. The van der Waals surface area contributed by atoms with Crippen LogP contribution in [0.2, 0.25) is 0 Å². The van der Waals surface area contributed by atoms with E-state index in [0.717, 1.165) is 10.6 Å². The fourth-order valence-corrected chi connectivity index (χ4v) is 1.34.